The normalized spacial score (nSPS) is 18.6. The van der Waals surface area contributed by atoms with Gasteiger partial charge in [0.15, 0.2) is 5.82 Å². The van der Waals surface area contributed by atoms with E-state index in [9.17, 15) is 4.79 Å². The van der Waals surface area contributed by atoms with Gasteiger partial charge in [-0.05, 0) is 26.2 Å². The summed E-state index contributed by atoms with van der Waals surface area (Å²) < 4.78 is 10.1. The first-order valence-corrected chi connectivity index (χ1v) is 7.97. The van der Waals surface area contributed by atoms with Gasteiger partial charge in [-0.15, -0.1) is 0 Å². The van der Waals surface area contributed by atoms with E-state index in [1.54, 1.807) is 6.92 Å². The number of rotatable bonds is 4. The molecular weight excluding hydrogens is 298 g/mol. The van der Waals surface area contributed by atoms with E-state index in [2.05, 4.69) is 25.1 Å². The third-order valence-corrected chi connectivity index (χ3v) is 4.15. The lowest BCUT2D eigenvalue weighted by molar-refractivity contribution is -0.135. The van der Waals surface area contributed by atoms with Crippen LogP contribution in [0, 0.1) is 6.92 Å². The second kappa shape index (κ2) is 6.47. The monoisotopic (exact) mass is 319 g/mol. The van der Waals surface area contributed by atoms with Crippen molar-refractivity contribution in [3.05, 3.63) is 23.1 Å². The fraction of sp³-hybridized carbons (Fsp3) is 0.667. The molecule has 1 saturated heterocycles. The van der Waals surface area contributed by atoms with E-state index in [0.29, 0.717) is 29.6 Å². The molecule has 0 aromatic carbocycles. The summed E-state index contributed by atoms with van der Waals surface area (Å²) in [5.41, 5.74) is 1.22. The first-order valence-electron chi connectivity index (χ1n) is 7.97. The van der Waals surface area contributed by atoms with E-state index >= 15 is 0 Å². The summed E-state index contributed by atoms with van der Waals surface area (Å²) in [6.07, 6.45) is 3.03. The quantitative estimate of drug-likeness (QED) is 0.851. The Labute approximate surface area is 134 Å². The van der Waals surface area contributed by atoms with Crippen LogP contribution in [0.2, 0.25) is 0 Å². The zero-order chi connectivity index (χ0) is 16.4. The molecule has 0 N–H and O–H groups in total. The van der Waals surface area contributed by atoms with Crippen molar-refractivity contribution >= 4 is 5.91 Å². The first-order chi connectivity index (χ1) is 11.1. The molecule has 0 aliphatic carbocycles. The summed E-state index contributed by atoms with van der Waals surface area (Å²) in [5.74, 6) is 1.38. The van der Waals surface area contributed by atoms with Crippen molar-refractivity contribution in [3.8, 4) is 0 Å². The molecule has 1 aliphatic heterocycles. The number of carbonyl (C=O) groups excluding carboxylic acids is 1. The Morgan fingerprint density at radius 3 is 2.78 bits per heavy atom. The smallest absolute Gasteiger partial charge is 0.249 e. The molecule has 2 aromatic heterocycles. The van der Waals surface area contributed by atoms with Gasteiger partial charge in [-0.1, -0.05) is 29.3 Å². The highest BCUT2D eigenvalue weighted by molar-refractivity contribution is 5.79. The molecule has 8 nitrogen and oxygen atoms in total. The average Bonchev–Trinajstić information content (AvgIpc) is 3.17. The number of amides is 1. The van der Waals surface area contributed by atoms with Crippen LogP contribution < -0.4 is 0 Å². The molecule has 0 spiro atoms. The third-order valence-electron chi connectivity index (χ3n) is 4.15. The number of carbonyl (C=O) groups is 1. The number of likely N-dealkylation sites (tertiary alicyclic amines) is 1. The van der Waals surface area contributed by atoms with Crippen LogP contribution >= 0.6 is 0 Å². The van der Waals surface area contributed by atoms with E-state index in [-0.39, 0.29) is 24.3 Å². The minimum absolute atomic E-state index is 0.0159. The SMILES string of the molecule is Cc1nonc1CC(=O)N1CCCCC1c1nc(C(C)C)no1. The zero-order valence-electron chi connectivity index (χ0n) is 13.7. The maximum Gasteiger partial charge on any atom is 0.249 e. The van der Waals surface area contributed by atoms with Crippen LogP contribution in [0.15, 0.2) is 9.15 Å². The molecule has 23 heavy (non-hydrogen) atoms. The van der Waals surface area contributed by atoms with Crippen molar-refractivity contribution in [2.45, 2.75) is 58.4 Å². The lowest BCUT2D eigenvalue weighted by Gasteiger charge is -2.33. The highest BCUT2D eigenvalue weighted by Crippen LogP contribution is 2.31. The number of hydrogen-bond donors (Lipinski definition) is 0. The maximum absolute atomic E-state index is 12.7. The molecular formula is C15H21N5O3. The van der Waals surface area contributed by atoms with Crippen molar-refractivity contribution in [3.63, 3.8) is 0 Å². The van der Waals surface area contributed by atoms with Gasteiger partial charge in [0.2, 0.25) is 11.8 Å². The van der Waals surface area contributed by atoms with Crippen molar-refractivity contribution in [2.24, 2.45) is 0 Å². The molecule has 2 aromatic rings. The summed E-state index contributed by atoms with van der Waals surface area (Å²) in [4.78, 5) is 18.9. The largest absolute Gasteiger partial charge is 0.337 e. The molecule has 3 rings (SSSR count). The Hall–Kier alpha value is -2.25. The molecule has 8 heteroatoms. The number of nitrogens with zero attached hydrogens (tertiary/aromatic N) is 5. The fourth-order valence-corrected chi connectivity index (χ4v) is 2.76. The van der Waals surface area contributed by atoms with Crippen molar-refractivity contribution in [1.82, 2.24) is 25.4 Å². The standard InChI is InChI=1S/C15H21N5O3/c1-9(2)14-16-15(22-19-14)12-6-4-5-7-20(12)13(21)8-11-10(3)17-23-18-11/h9,12H,4-8H2,1-3H3. The van der Waals surface area contributed by atoms with Crippen LogP contribution in [0.4, 0.5) is 0 Å². The predicted molar refractivity (Wildman–Crippen MR) is 79.4 cm³/mol. The van der Waals surface area contributed by atoms with E-state index in [1.807, 2.05) is 18.7 Å². The number of piperidine rings is 1. The Kier molecular flexibility index (Phi) is 4.40. The second-order valence-corrected chi connectivity index (χ2v) is 6.22. The molecule has 1 aliphatic rings. The predicted octanol–water partition coefficient (Wildman–Crippen LogP) is 2.18. The number of aromatic nitrogens is 4. The van der Waals surface area contributed by atoms with Crippen LogP contribution in [-0.2, 0) is 11.2 Å². The van der Waals surface area contributed by atoms with Gasteiger partial charge in [-0.25, -0.2) is 4.63 Å². The van der Waals surface area contributed by atoms with Gasteiger partial charge in [0.05, 0.1) is 6.42 Å². The van der Waals surface area contributed by atoms with Gasteiger partial charge in [-0.3, -0.25) is 4.79 Å². The van der Waals surface area contributed by atoms with Gasteiger partial charge < -0.3 is 9.42 Å². The number of hydrogen-bond acceptors (Lipinski definition) is 7. The van der Waals surface area contributed by atoms with E-state index < -0.39 is 0 Å². The van der Waals surface area contributed by atoms with Gasteiger partial charge in [0.1, 0.15) is 17.4 Å². The topological polar surface area (TPSA) is 98.2 Å². The highest BCUT2D eigenvalue weighted by Gasteiger charge is 2.32. The molecule has 3 heterocycles. The van der Waals surface area contributed by atoms with Crippen LogP contribution in [0.25, 0.3) is 0 Å². The molecule has 1 unspecified atom stereocenters. The molecule has 1 atom stereocenters. The Morgan fingerprint density at radius 2 is 2.13 bits per heavy atom. The summed E-state index contributed by atoms with van der Waals surface area (Å²) in [6, 6.07) is -0.156. The average molecular weight is 319 g/mol. The van der Waals surface area contributed by atoms with Crippen LogP contribution in [-0.4, -0.2) is 37.8 Å². The van der Waals surface area contributed by atoms with Gasteiger partial charge >= 0.3 is 0 Å². The van der Waals surface area contributed by atoms with Crippen LogP contribution in [0.1, 0.15) is 68.2 Å². The zero-order valence-corrected chi connectivity index (χ0v) is 13.7. The lowest BCUT2D eigenvalue weighted by Crippen LogP contribution is -2.39. The van der Waals surface area contributed by atoms with Crippen molar-refractivity contribution < 1.29 is 13.9 Å². The van der Waals surface area contributed by atoms with Gasteiger partial charge in [0, 0.05) is 12.5 Å². The van der Waals surface area contributed by atoms with Crippen LogP contribution in [0.5, 0.6) is 0 Å². The number of aryl methyl sites for hydroxylation is 1. The molecule has 0 bridgehead atoms. The minimum atomic E-state index is -0.156. The van der Waals surface area contributed by atoms with Gasteiger partial charge in [0.25, 0.3) is 0 Å². The fourth-order valence-electron chi connectivity index (χ4n) is 2.76. The summed E-state index contributed by atoms with van der Waals surface area (Å²) in [6.45, 7) is 6.49. The minimum Gasteiger partial charge on any atom is -0.337 e. The van der Waals surface area contributed by atoms with Crippen molar-refractivity contribution in [1.29, 1.82) is 0 Å². The Balaban J connectivity index is 1.77. The summed E-state index contributed by atoms with van der Waals surface area (Å²) in [5, 5.41) is 11.5. The molecule has 0 radical (unpaired) electrons. The van der Waals surface area contributed by atoms with Gasteiger partial charge in [-0.2, -0.15) is 4.98 Å². The lowest BCUT2D eigenvalue weighted by atomic mass is 10.0. The maximum atomic E-state index is 12.7. The highest BCUT2D eigenvalue weighted by atomic mass is 16.6. The molecule has 1 amide bonds. The van der Waals surface area contributed by atoms with E-state index in [0.717, 1.165) is 19.3 Å². The molecule has 1 fully saturated rings. The Bertz CT molecular complexity index is 678. The summed E-state index contributed by atoms with van der Waals surface area (Å²) in [7, 11) is 0. The van der Waals surface area contributed by atoms with Crippen molar-refractivity contribution in [2.75, 3.05) is 6.54 Å². The molecule has 124 valence electrons. The van der Waals surface area contributed by atoms with Crippen LogP contribution in [0.3, 0.4) is 0 Å². The third kappa shape index (κ3) is 3.25. The van der Waals surface area contributed by atoms with E-state index in [4.69, 9.17) is 4.52 Å². The van der Waals surface area contributed by atoms with E-state index in [1.165, 1.54) is 0 Å². The second-order valence-electron chi connectivity index (χ2n) is 6.22. The first kappa shape index (κ1) is 15.6. The molecule has 0 saturated carbocycles. The Morgan fingerprint density at radius 1 is 1.30 bits per heavy atom. The summed E-state index contributed by atoms with van der Waals surface area (Å²) >= 11 is 0.